The molecule has 5 heteroatoms. The number of rotatable bonds is 4. The Hall–Kier alpha value is -1.75. The van der Waals surface area contributed by atoms with E-state index in [0.717, 1.165) is 25.9 Å². The molecule has 1 aliphatic rings. The van der Waals surface area contributed by atoms with E-state index in [1.54, 1.807) is 18.2 Å². The Kier molecular flexibility index (Phi) is 4.63. The van der Waals surface area contributed by atoms with Gasteiger partial charge in [-0.05, 0) is 31.4 Å². The van der Waals surface area contributed by atoms with Crippen molar-refractivity contribution in [2.75, 3.05) is 26.1 Å². The van der Waals surface area contributed by atoms with Crippen LogP contribution in [0.1, 0.15) is 29.6 Å². The molecule has 0 aliphatic carbocycles. The molecule has 0 aromatic heterocycles. The fraction of sp³-hybridized carbons (Fsp3) is 0.500. The van der Waals surface area contributed by atoms with E-state index in [1.807, 2.05) is 0 Å². The van der Waals surface area contributed by atoms with Crippen molar-refractivity contribution in [2.24, 2.45) is 0 Å². The summed E-state index contributed by atoms with van der Waals surface area (Å²) in [6.07, 6.45) is 3.15. The van der Waals surface area contributed by atoms with Gasteiger partial charge in [0.05, 0.1) is 18.8 Å². The molecular weight excluding hydrogens is 246 g/mol. The number of carbonyl (C=O) groups is 1. The molecule has 2 N–H and O–H groups in total. The molecule has 1 heterocycles. The van der Waals surface area contributed by atoms with E-state index in [2.05, 4.69) is 0 Å². The van der Waals surface area contributed by atoms with E-state index in [9.17, 15) is 4.79 Å². The van der Waals surface area contributed by atoms with Gasteiger partial charge < -0.3 is 19.9 Å². The van der Waals surface area contributed by atoms with E-state index < -0.39 is 5.97 Å². The summed E-state index contributed by atoms with van der Waals surface area (Å²) in [5, 5.41) is 0. The number of methoxy groups -OCH3 is 1. The van der Waals surface area contributed by atoms with Gasteiger partial charge in [0.1, 0.15) is 12.4 Å². The maximum atomic E-state index is 11.9. The topological polar surface area (TPSA) is 70.8 Å². The standard InChI is InChI=1S/C14H19NO4/c1-17-13-7-10(6-11(15)8-13)14(16)19-9-12-4-2-3-5-18-12/h6-8,12H,2-5,9,15H2,1H3. The van der Waals surface area contributed by atoms with Crippen LogP contribution in [0.25, 0.3) is 0 Å². The average molecular weight is 265 g/mol. The number of ether oxygens (including phenoxy) is 3. The van der Waals surface area contributed by atoms with Gasteiger partial charge in [-0.3, -0.25) is 0 Å². The van der Waals surface area contributed by atoms with Crippen LogP contribution in [0, 0.1) is 0 Å². The SMILES string of the molecule is COc1cc(N)cc(C(=O)OCC2CCCCO2)c1. The highest BCUT2D eigenvalue weighted by Gasteiger charge is 2.17. The van der Waals surface area contributed by atoms with Gasteiger partial charge in [-0.15, -0.1) is 0 Å². The molecule has 5 nitrogen and oxygen atoms in total. The van der Waals surface area contributed by atoms with Crippen LogP contribution in [-0.2, 0) is 9.47 Å². The number of nitrogens with two attached hydrogens (primary N) is 1. The summed E-state index contributed by atoms with van der Waals surface area (Å²) < 4.78 is 15.8. The van der Waals surface area contributed by atoms with Crippen molar-refractivity contribution in [1.82, 2.24) is 0 Å². The van der Waals surface area contributed by atoms with Crippen LogP contribution in [0.15, 0.2) is 18.2 Å². The molecule has 1 fully saturated rings. The molecular formula is C14H19NO4. The van der Waals surface area contributed by atoms with Crippen LogP contribution < -0.4 is 10.5 Å². The lowest BCUT2D eigenvalue weighted by atomic mass is 10.1. The van der Waals surface area contributed by atoms with Crippen LogP contribution >= 0.6 is 0 Å². The molecule has 1 aromatic carbocycles. The summed E-state index contributed by atoms with van der Waals surface area (Å²) in [5.74, 6) is 0.139. The first-order valence-electron chi connectivity index (χ1n) is 6.42. The number of benzene rings is 1. The van der Waals surface area contributed by atoms with Crippen molar-refractivity contribution in [3.8, 4) is 5.75 Å². The molecule has 19 heavy (non-hydrogen) atoms. The first-order chi connectivity index (χ1) is 9.19. The zero-order chi connectivity index (χ0) is 13.7. The van der Waals surface area contributed by atoms with Gasteiger partial charge >= 0.3 is 5.97 Å². The average Bonchev–Trinajstić information content (AvgIpc) is 2.45. The number of hydrogen-bond acceptors (Lipinski definition) is 5. The zero-order valence-electron chi connectivity index (χ0n) is 11.1. The quantitative estimate of drug-likeness (QED) is 0.666. The second kappa shape index (κ2) is 6.43. The van der Waals surface area contributed by atoms with Crippen molar-refractivity contribution in [1.29, 1.82) is 0 Å². The molecule has 2 rings (SSSR count). The van der Waals surface area contributed by atoms with Crippen LogP contribution in [0.4, 0.5) is 5.69 Å². The van der Waals surface area contributed by atoms with E-state index in [-0.39, 0.29) is 12.7 Å². The van der Waals surface area contributed by atoms with Gasteiger partial charge in [0.25, 0.3) is 0 Å². The van der Waals surface area contributed by atoms with Crippen LogP contribution in [-0.4, -0.2) is 32.4 Å². The molecule has 1 aromatic rings. The van der Waals surface area contributed by atoms with E-state index >= 15 is 0 Å². The van der Waals surface area contributed by atoms with Crippen LogP contribution in [0.3, 0.4) is 0 Å². The maximum Gasteiger partial charge on any atom is 0.338 e. The van der Waals surface area contributed by atoms with E-state index in [4.69, 9.17) is 19.9 Å². The summed E-state index contributed by atoms with van der Waals surface area (Å²) in [6, 6.07) is 4.84. The molecule has 0 bridgehead atoms. The third kappa shape index (κ3) is 3.86. The van der Waals surface area contributed by atoms with E-state index in [0.29, 0.717) is 17.0 Å². The largest absolute Gasteiger partial charge is 0.497 e. The van der Waals surface area contributed by atoms with E-state index in [1.165, 1.54) is 7.11 Å². The molecule has 1 aliphatic heterocycles. The summed E-state index contributed by atoms with van der Waals surface area (Å²) in [4.78, 5) is 11.9. The fourth-order valence-electron chi connectivity index (χ4n) is 2.05. The number of hydrogen-bond donors (Lipinski definition) is 1. The smallest absolute Gasteiger partial charge is 0.338 e. The molecule has 1 atom stereocenters. The Morgan fingerprint density at radius 2 is 2.26 bits per heavy atom. The van der Waals surface area contributed by atoms with Crippen molar-refractivity contribution in [3.05, 3.63) is 23.8 Å². The second-order valence-corrected chi connectivity index (χ2v) is 4.58. The highest BCUT2D eigenvalue weighted by Crippen LogP contribution is 2.20. The number of esters is 1. The molecule has 0 spiro atoms. The molecule has 0 amide bonds. The molecule has 1 unspecified atom stereocenters. The minimum absolute atomic E-state index is 0.0145. The summed E-state index contributed by atoms with van der Waals surface area (Å²) in [7, 11) is 1.53. The van der Waals surface area contributed by atoms with Gasteiger partial charge in [-0.2, -0.15) is 0 Å². The van der Waals surface area contributed by atoms with Crippen molar-refractivity contribution in [2.45, 2.75) is 25.4 Å². The normalized spacial score (nSPS) is 18.9. The van der Waals surface area contributed by atoms with Crippen molar-refractivity contribution >= 4 is 11.7 Å². The number of carbonyl (C=O) groups excluding carboxylic acids is 1. The lowest BCUT2D eigenvalue weighted by Gasteiger charge is -2.22. The Balaban J connectivity index is 1.93. The maximum absolute atomic E-state index is 11.9. The van der Waals surface area contributed by atoms with Crippen LogP contribution in [0.2, 0.25) is 0 Å². The summed E-state index contributed by atoms with van der Waals surface area (Å²) >= 11 is 0. The monoisotopic (exact) mass is 265 g/mol. The first kappa shape index (κ1) is 13.7. The Morgan fingerprint density at radius 1 is 1.42 bits per heavy atom. The lowest BCUT2D eigenvalue weighted by Crippen LogP contribution is -2.26. The molecule has 1 saturated heterocycles. The Morgan fingerprint density at radius 3 is 2.95 bits per heavy atom. The van der Waals surface area contributed by atoms with Crippen LogP contribution in [0.5, 0.6) is 5.75 Å². The van der Waals surface area contributed by atoms with Crippen molar-refractivity contribution < 1.29 is 19.0 Å². The van der Waals surface area contributed by atoms with Gasteiger partial charge in [0.2, 0.25) is 0 Å². The minimum Gasteiger partial charge on any atom is -0.497 e. The second-order valence-electron chi connectivity index (χ2n) is 4.58. The number of nitrogen functional groups attached to an aromatic ring is 1. The van der Waals surface area contributed by atoms with Gasteiger partial charge in [0, 0.05) is 18.4 Å². The van der Waals surface area contributed by atoms with Gasteiger partial charge in [-0.1, -0.05) is 0 Å². The van der Waals surface area contributed by atoms with Gasteiger partial charge in [0.15, 0.2) is 0 Å². The molecule has 104 valence electrons. The Bertz CT molecular complexity index is 441. The predicted octanol–water partition coefficient (Wildman–Crippen LogP) is 2.00. The predicted molar refractivity (Wildman–Crippen MR) is 71.3 cm³/mol. The minimum atomic E-state index is -0.403. The van der Waals surface area contributed by atoms with Crippen molar-refractivity contribution in [3.63, 3.8) is 0 Å². The molecule has 0 radical (unpaired) electrons. The lowest BCUT2D eigenvalue weighted by molar-refractivity contribution is -0.0300. The Labute approximate surface area is 112 Å². The highest BCUT2D eigenvalue weighted by atomic mass is 16.6. The summed E-state index contributed by atoms with van der Waals surface area (Å²) in [5.41, 5.74) is 6.57. The fourth-order valence-corrected chi connectivity index (χ4v) is 2.05. The zero-order valence-corrected chi connectivity index (χ0v) is 11.1. The first-order valence-corrected chi connectivity index (χ1v) is 6.42. The molecule has 0 saturated carbocycles. The highest BCUT2D eigenvalue weighted by molar-refractivity contribution is 5.91. The van der Waals surface area contributed by atoms with Gasteiger partial charge in [-0.25, -0.2) is 4.79 Å². The summed E-state index contributed by atoms with van der Waals surface area (Å²) in [6.45, 7) is 1.03. The third-order valence-electron chi connectivity index (χ3n) is 3.07. The third-order valence-corrected chi connectivity index (χ3v) is 3.07. The number of anilines is 1.